The van der Waals surface area contributed by atoms with Gasteiger partial charge >= 0.3 is 0 Å². The Morgan fingerprint density at radius 3 is 2.81 bits per heavy atom. The van der Waals surface area contributed by atoms with E-state index in [-0.39, 0.29) is 29.9 Å². The summed E-state index contributed by atoms with van der Waals surface area (Å²) in [5, 5.41) is 5.93. The molecule has 1 unspecified atom stereocenters. The number of benzene rings is 1. The summed E-state index contributed by atoms with van der Waals surface area (Å²) in [5.74, 6) is -0.803. The first kappa shape index (κ1) is 12.9. The van der Waals surface area contributed by atoms with Crippen LogP contribution in [0, 0.1) is 5.82 Å². The van der Waals surface area contributed by atoms with Crippen molar-refractivity contribution >= 4 is 18.3 Å². The number of hydrogen-bond donors (Lipinski definition) is 2. The Balaban J connectivity index is 0.00000128. The minimum Gasteiger partial charge on any atom is -0.348 e. The minimum absolute atomic E-state index is 0. The third kappa shape index (κ3) is 2.93. The van der Waals surface area contributed by atoms with Crippen LogP contribution in [0.2, 0.25) is 0 Å². The fourth-order valence-corrected chi connectivity index (χ4v) is 1.69. The molecule has 1 aromatic rings. The first-order chi connectivity index (χ1) is 7.27. The summed E-state index contributed by atoms with van der Waals surface area (Å²) in [6.45, 7) is 1.67. The molecule has 1 saturated heterocycles. The molecule has 1 heterocycles. The number of rotatable bonds is 2. The summed E-state index contributed by atoms with van der Waals surface area (Å²) in [4.78, 5) is 11.6. The Morgan fingerprint density at radius 1 is 1.44 bits per heavy atom. The maximum Gasteiger partial charge on any atom is 0.254 e. The van der Waals surface area contributed by atoms with Crippen molar-refractivity contribution < 1.29 is 9.18 Å². The molecule has 1 fully saturated rings. The highest BCUT2D eigenvalue weighted by Gasteiger charge is 2.18. The molecule has 0 radical (unpaired) electrons. The van der Waals surface area contributed by atoms with E-state index >= 15 is 0 Å². The number of halogens is 2. The molecule has 1 amide bonds. The van der Waals surface area contributed by atoms with Crippen LogP contribution in [-0.2, 0) is 0 Å². The molecule has 88 valence electrons. The van der Waals surface area contributed by atoms with Crippen LogP contribution in [0.25, 0.3) is 0 Å². The number of nitrogens with one attached hydrogen (secondary N) is 2. The standard InChI is InChI=1S/C11H13FN2O.ClH/c12-10-4-2-1-3-9(10)11(15)14-8-5-6-13-7-8;/h1-4,8,13H,5-7H2,(H,14,15);1H. The molecule has 2 N–H and O–H groups in total. The predicted molar refractivity (Wildman–Crippen MR) is 62.4 cm³/mol. The Labute approximate surface area is 99.8 Å². The molecule has 0 bridgehead atoms. The molecule has 1 aliphatic heterocycles. The van der Waals surface area contributed by atoms with Crippen LogP contribution in [0.3, 0.4) is 0 Å². The topological polar surface area (TPSA) is 41.1 Å². The van der Waals surface area contributed by atoms with Crippen molar-refractivity contribution in [3.63, 3.8) is 0 Å². The van der Waals surface area contributed by atoms with E-state index in [4.69, 9.17) is 0 Å². The Morgan fingerprint density at radius 2 is 2.19 bits per heavy atom. The summed E-state index contributed by atoms with van der Waals surface area (Å²) >= 11 is 0. The second-order valence-electron chi connectivity index (χ2n) is 3.64. The van der Waals surface area contributed by atoms with Gasteiger partial charge in [0.2, 0.25) is 0 Å². The lowest BCUT2D eigenvalue weighted by molar-refractivity contribution is 0.0936. The zero-order valence-electron chi connectivity index (χ0n) is 8.70. The summed E-state index contributed by atoms with van der Waals surface area (Å²) in [7, 11) is 0. The lowest BCUT2D eigenvalue weighted by Crippen LogP contribution is -2.36. The quantitative estimate of drug-likeness (QED) is 0.824. The summed E-state index contributed by atoms with van der Waals surface area (Å²) in [5.41, 5.74) is 0.115. The molecular formula is C11H14ClFN2O. The Hall–Kier alpha value is -1.13. The minimum atomic E-state index is -0.471. The van der Waals surface area contributed by atoms with Crippen molar-refractivity contribution in [1.82, 2.24) is 10.6 Å². The lowest BCUT2D eigenvalue weighted by atomic mass is 10.1. The second-order valence-corrected chi connectivity index (χ2v) is 3.64. The van der Waals surface area contributed by atoms with Gasteiger partial charge in [-0.2, -0.15) is 0 Å². The van der Waals surface area contributed by atoms with Gasteiger partial charge in [-0.1, -0.05) is 12.1 Å². The number of hydrogen-bond acceptors (Lipinski definition) is 2. The van der Waals surface area contributed by atoms with E-state index in [1.54, 1.807) is 12.1 Å². The van der Waals surface area contributed by atoms with Gasteiger partial charge in [0, 0.05) is 12.6 Å². The zero-order valence-corrected chi connectivity index (χ0v) is 9.52. The van der Waals surface area contributed by atoms with Crippen LogP contribution in [0.5, 0.6) is 0 Å². The Kier molecular flexibility index (Phi) is 4.71. The molecule has 1 atom stereocenters. The highest BCUT2D eigenvalue weighted by atomic mass is 35.5. The molecule has 0 aliphatic carbocycles. The van der Waals surface area contributed by atoms with E-state index in [1.807, 2.05) is 0 Å². The highest BCUT2D eigenvalue weighted by Crippen LogP contribution is 2.07. The van der Waals surface area contributed by atoms with Crippen LogP contribution in [-0.4, -0.2) is 25.0 Å². The van der Waals surface area contributed by atoms with E-state index in [1.165, 1.54) is 12.1 Å². The van der Waals surface area contributed by atoms with Crippen LogP contribution < -0.4 is 10.6 Å². The van der Waals surface area contributed by atoms with Crippen LogP contribution >= 0.6 is 12.4 Å². The predicted octanol–water partition coefficient (Wildman–Crippen LogP) is 1.34. The average molecular weight is 245 g/mol. The van der Waals surface area contributed by atoms with E-state index in [9.17, 15) is 9.18 Å². The van der Waals surface area contributed by atoms with Gasteiger partial charge in [-0.3, -0.25) is 4.79 Å². The third-order valence-electron chi connectivity index (χ3n) is 2.51. The molecule has 2 rings (SSSR count). The van der Waals surface area contributed by atoms with Crippen molar-refractivity contribution in [2.24, 2.45) is 0 Å². The maximum absolute atomic E-state index is 13.2. The van der Waals surface area contributed by atoms with E-state index in [0.29, 0.717) is 0 Å². The van der Waals surface area contributed by atoms with Crippen LogP contribution in [0.15, 0.2) is 24.3 Å². The maximum atomic E-state index is 13.2. The van der Waals surface area contributed by atoms with Gasteiger partial charge in [-0.05, 0) is 25.1 Å². The van der Waals surface area contributed by atoms with E-state index in [0.717, 1.165) is 19.5 Å². The summed E-state index contributed by atoms with van der Waals surface area (Å²) in [6.07, 6.45) is 0.903. The number of amides is 1. The first-order valence-corrected chi connectivity index (χ1v) is 5.03. The monoisotopic (exact) mass is 244 g/mol. The average Bonchev–Trinajstić information content (AvgIpc) is 2.71. The van der Waals surface area contributed by atoms with Gasteiger partial charge < -0.3 is 10.6 Å². The van der Waals surface area contributed by atoms with Crippen molar-refractivity contribution in [2.45, 2.75) is 12.5 Å². The van der Waals surface area contributed by atoms with Gasteiger partial charge in [0.05, 0.1) is 5.56 Å². The number of carbonyl (C=O) groups excluding carboxylic acids is 1. The normalized spacial score (nSPS) is 18.9. The fraction of sp³-hybridized carbons (Fsp3) is 0.364. The molecule has 0 saturated carbocycles. The summed E-state index contributed by atoms with van der Waals surface area (Å²) < 4.78 is 13.2. The largest absolute Gasteiger partial charge is 0.348 e. The molecule has 1 aromatic carbocycles. The molecule has 0 aromatic heterocycles. The second kappa shape index (κ2) is 5.82. The molecule has 1 aliphatic rings. The van der Waals surface area contributed by atoms with Crippen LogP contribution in [0.1, 0.15) is 16.8 Å². The van der Waals surface area contributed by atoms with Crippen LogP contribution in [0.4, 0.5) is 4.39 Å². The Bertz CT molecular complexity index is 367. The fourth-order valence-electron chi connectivity index (χ4n) is 1.69. The van der Waals surface area contributed by atoms with Gasteiger partial charge in [0.15, 0.2) is 0 Å². The molecule has 5 heteroatoms. The first-order valence-electron chi connectivity index (χ1n) is 5.03. The zero-order chi connectivity index (χ0) is 10.7. The van der Waals surface area contributed by atoms with E-state index < -0.39 is 5.82 Å². The summed E-state index contributed by atoms with van der Waals surface area (Å²) in [6, 6.07) is 6.14. The van der Waals surface area contributed by atoms with Crippen molar-refractivity contribution in [3.8, 4) is 0 Å². The highest BCUT2D eigenvalue weighted by molar-refractivity contribution is 5.94. The van der Waals surface area contributed by atoms with Gasteiger partial charge in [-0.15, -0.1) is 12.4 Å². The third-order valence-corrected chi connectivity index (χ3v) is 2.51. The van der Waals surface area contributed by atoms with E-state index in [2.05, 4.69) is 10.6 Å². The molecular weight excluding hydrogens is 231 g/mol. The molecule has 0 spiro atoms. The lowest BCUT2D eigenvalue weighted by Gasteiger charge is -2.11. The smallest absolute Gasteiger partial charge is 0.254 e. The van der Waals surface area contributed by atoms with Gasteiger partial charge in [0.25, 0.3) is 5.91 Å². The number of carbonyl (C=O) groups is 1. The van der Waals surface area contributed by atoms with Gasteiger partial charge in [0.1, 0.15) is 5.82 Å². The SMILES string of the molecule is Cl.O=C(NC1CCNC1)c1ccccc1F. The van der Waals surface area contributed by atoms with Crippen molar-refractivity contribution in [3.05, 3.63) is 35.6 Å². The molecule has 3 nitrogen and oxygen atoms in total. The van der Waals surface area contributed by atoms with Crippen molar-refractivity contribution in [1.29, 1.82) is 0 Å². The van der Waals surface area contributed by atoms with Gasteiger partial charge in [-0.25, -0.2) is 4.39 Å². The van der Waals surface area contributed by atoms with Crippen molar-refractivity contribution in [2.75, 3.05) is 13.1 Å². The molecule has 16 heavy (non-hydrogen) atoms.